The van der Waals surface area contributed by atoms with Crippen molar-refractivity contribution < 1.29 is 48.4 Å². The van der Waals surface area contributed by atoms with Gasteiger partial charge in [0.15, 0.2) is 17.2 Å². The lowest BCUT2D eigenvalue weighted by Crippen LogP contribution is -2.59. The molecule has 1 saturated heterocycles. The van der Waals surface area contributed by atoms with Crippen LogP contribution < -0.4 is 26.0 Å². The summed E-state index contributed by atoms with van der Waals surface area (Å²) in [6.07, 6.45) is -1.26. The van der Waals surface area contributed by atoms with E-state index in [-0.39, 0.29) is 56.6 Å². The fraction of sp³-hybridized carbons (Fsp3) is 0.474. The molecule has 0 unspecified atom stereocenters. The number of β-amino-alcohol motifs (C(OH)–C–C–N with tert-alkyl or cyclic N) is 1. The molecule has 1 saturated carbocycles. The minimum absolute atomic E-state index is 0.0119. The molecule has 5 rings (SSSR count). The number of halogens is 1. The molecule has 1 aliphatic carbocycles. The van der Waals surface area contributed by atoms with Crippen molar-refractivity contribution in [3.05, 3.63) is 58.7 Å². The van der Waals surface area contributed by atoms with Crippen molar-refractivity contribution in [2.45, 2.75) is 83.3 Å². The van der Waals surface area contributed by atoms with Gasteiger partial charge in [0.1, 0.15) is 12.1 Å². The predicted molar refractivity (Wildman–Crippen MR) is 200 cm³/mol. The summed E-state index contributed by atoms with van der Waals surface area (Å²) in [5, 5.41) is 41.5. The number of aromatic nitrogens is 1. The molecule has 296 valence electrons. The molecule has 55 heavy (non-hydrogen) atoms. The third-order valence-electron chi connectivity index (χ3n) is 9.69. The highest BCUT2D eigenvalue weighted by atomic mass is 32.1. The molecule has 15 nitrogen and oxygen atoms in total. The second-order valence-electron chi connectivity index (χ2n) is 14.9. The lowest BCUT2D eigenvalue weighted by atomic mass is 9.85. The quantitative estimate of drug-likeness (QED) is 0.0937. The average Bonchev–Trinajstić information content (AvgIpc) is 3.55. The number of nitrogens with zero attached hydrogens (tertiary/aromatic N) is 2. The number of carbonyl (C=O) groups excluding carboxylic acids is 5. The van der Waals surface area contributed by atoms with Crippen molar-refractivity contribution in [3.63, 3.8) is 0 Å². The summed E-state index contributed by atoms with van der Waals surface area (Å²) in [7, 11) is 1.30. The van der Waals surface area contributed by atoms with Crippen molar-refractivity contribution in [2.75, 3.05) is 26.7 Å². The summed E-state index contributed by atoms with van der Waals surface area (Å²) in [5.41, 5.74) is 0.965. The van der Waals surface area contributed by atoms with E-state index in [1.165, 1.54) is 35.5 Å². The molecule has 0 radical (unpaired) electrons. The van der Waals surface area contributed by atoms with E-state index in [0.717, 1.165) is 16.1 Å². The monoisotopic (exact) mass is 782 g/mol. The lowest BCUT2D eigenvalue weighted by molar-refractivity contribution is -0.145. The van der Waals surface area contributed by atoms with Crippen LogP contribution in [0.3, 0.4) is 0 Å². The Morgan fingerprint density at radius 1 is 1.02 bits per heavy atom. The molecule has 17 heteroatoms. The Hall–Kier alpha value is -5.29. The van der Waals surface area contributed by atoms with Gasteiger partial charge in [0, 0.05) is 26.1 Å². The average molecular weight is 783 g/mol. The first-order chi connectivity index (χ1) is 25.9. The standard InChI is InChI=1S/C38H47FN6O9S/c1-20-31(55-19-42-20)22-8-6-21(7-9-22)25(17-28(47)40-14-15-41-33(50)24-10-11-27(54-5)30(49)29(24)48)43-34(51)26-16-23(46)18-45(26)35(52)32(37(2,3)4)44-36(53)38(39)12-13-38/h6-11,19,23,25-26,32,46,48-49H,12-18H2,1-5H3,(H,40,47)(H,41,50)(H,43,51)(H,44,53)/t23-,25+,26+,32-/m1/s1. The van der Waals surface area contributed by atoms with Crippen LogP contribution in [0, 0.1) is 12.3 Å². The van der Waals surface area contributed by atoms with E-state index in [4.69, 9.17) is 4.74 Å². The number of aliphatic hydroxyl groups excluding tert-OH is 1. The number of carbonyl (C=O) groups is 5. The van der Waals surface area contributed by atoms with Gasteiger partial charge >= 0.3 is 0 Å². The van der Waals surface area contributed by atoms with Crippen LogP contribution in [-0.4, -0.2) is 105 Å². The molecule has 2 heterocycles. The van der Waals surface area contributed by atoms with Crippen molar-refractivity contribution >= 4 is 40.9 Å². The third kappa shape index (κ3) is 9.51. The van der Waals surface area contributed by atoms with Crippen LogP contribution in [0.1, 0.15) is 74.1 Å². The van der Waals surface area contributed by atoms with Gasteiger partial charge < -0.3 is 46.2 Å². The zero-order valence-corrected chi connectivity index (χ0v) is 32.1. The molecule has 5 amide bonds. The van der Waals surface area contributed by atoms with Crippen LogP contribution in [0.25, 0.3) is 10.4 Å². The molecule has 4 atom stereocenters. The van der Waals surface area contributed by atoms with Crippen LogP contribution in [0.5, 0.6) is 17.2 Å². The van der Waals surface area contributed by atoms with Crippen molar-refractivity contribution in [3.8, 4) is 27.7 Å². The number of aryl methyl sites for hydroxylation is 1. The number of amides is 5. The number of phenols is 2. The Morgan fingerprint density at radius 2 is 1.69 bits per heavy atom. The number of alkyl halides is 1. The Balaban J connectivity index is 1.29. The molecule has 2 aromatic carbocycles. The molecule has 2 fully saturated rings. The number of hydrogen-bond acceptors (Lipinski definition) is 11. The number of rotatable bonds is 14. The van der Waals surface area contributed by atoms with E-state index < -0.39 is 76.3 Å². The molecule has 7 N–H and O–H groups in total. The van der Waals surface area contributed by atoms with E-state index in [1.54, 1.807) is 38.4 Å². The third-order valence-corrected chi connectivity index (χ3v) is 10.7. The second-order valence-corrected chi connectivity index (χ2v) is 15.8. The summed E-state index contributed by atoms with van der Waals surface area (Å²) in [6.45, 7) is 6.77. The summed E-state index contributed by atoms with van der Waals surface area (Å²) in [4.78, 5) is 73.0. The highest BCUT2D eigenvalue weighted by Crippen LogP contribution is 2.41. The summed E-state index contributed by atoms with van der Waals surface area (Å²) >= 11 is 1.47. The molecular weight excluding hydrogens is 736 g/mol. The molecule has 2 aliphatic rings. The molecule has 1 aromatic heterocycles. The maximum atomic E-state index is 14.6. The number of phenolic OH excluding ortho intramolecular Hbond substituents is 2. The number of aromatic hydroxyl groups is 2. The van der Waals surface area contributed by atoms with Crippen molar-refractivity contribution in [1.82, 2.24) is 31.2 Å². The first-order valence-corrected chi connectivity index (χ1v) is 18.7. The molecule has 0 spiro atoms. The molecule has 0 bridgehead atoms. The number of thiazole rings is 1. The highest BCUT2D eigenvalue weighted by molar-refractivity contribution is 7.13. The van der Waals surface area contributed by atoms with Gasteiger partial charge in [-0.15, -0.1) is 11.3 Å². The van der Waals surface area contributed by atoms with Gasteiger partial charge in [-0.25, -0.2) is 9.37 Å². The zero-order chi connectivity index (χ0) is 40.2. The van der Waals surface area contributed by atoms with Crippen LogP contribution in [-0.2, 0) is 19.2 Å². The van der Waals surface area contributed by atoms with Gasteiger partial charge in [-0.3, -0.25) is 24.0 Å². The fourth-order valence-electron chi connectivity index (χ4n) is 6.32. The number of benzene rings is 2. The van der Waals surface area contributed by atoms with Crippen LogP contribution in [0.4, 0.5) is 4.39 Å². The molecule has 1 aliphatic heterocycles. The number of likely N-dealkylation sites (tertiary alicyclic amines) is 1. The first-order valence-electron chi connectivity index (χ1n) is 17.9. The summed E-state index contributed by atoms with van der Waals surface area (Å²) in [5.74, 6) is -4.60. The summed E-state index contributed by atoms with van der Waals surface area (Å²) < 4.78 is 19.5. The highest BCUT2D eigenvalue weighted by Gasteiger charge is 2.53. The van der Waals surface area contributed by atoms with Crippen molar-refractivity contribution in [1.29, 1.82) is 0 Å². The zero-order valence-electron chi connectivity index (χ0n) is 31.3. The van der Waals surface area contributed by atoms with Crippen molar-refractivity contribution in [2.24, 2.45) is 5.41 Å². The number of nitrogens with one attached hydrogen (secondary N) is 4. The maximum absolute atomic E-state index is 14.6. The van der Waals surface area contributed by atoms with E-state index in [9.17, 15) is 43.7 Å². The Kier molecular flexibility index (Phi) is 12.3. The SMILES string of the molecule is COc1ccc(C(=O)NCCNC(=O)C[C@H](NC(=O)[C@@H]2C[C@@H](O)CN2C(=O)[C@@H](NC(=O)C2(F)CC2)C(C)(C)C)c2ccc(-c3scnc3C)cc2)c(O)c1O. The van der Waals surface area contributed by atoms with E-state index in [2.05, 4.69) is 26.3 Å². The summed E-state index contributed by atoms with van der Waals surface area (Å²) in [6, 6.07) is 6.60. The minimum Gasteiger partial charge on any atom is -0.504 e. The van der Waals surface area contributed by atoms with Gasteiger partial charge in [-0.1, -0.05) is 45.0 Å². The van der Waals surface area contributed by atoms with Gasteiger partial charge in [-0.05, 0) is 48.4 Å². The number of aliphatic hydroxyl groups is 1. The van der Waals surface area contributed by atoms with Crippen LogP contribution in [0.2, 0.25) is 0 Å². The fourth-order valence-corrected chi connectivity index (χ4v) is 7.14. The minimum atomic E-state index is -2.03. The Labute approximate surface area is 321 Å². The van der Waals surface area contributed by atoms with E-state index in [0.29, 0.717) is 5.56 Å². The normalized spacial score (nSPS) is 18.5. The lowest BCUT2D eigenvalue weighted by Gasteiger charge is -2.36. The topological polar surface area (TPSA) is 220 Å². The van der Waals surface area contributed by atoms with Crippen LogP contribution in [0.15, 0.2) is 41.9 Å². The van der Waals surface area contributed by atoms with Crippen LogP contribution >= 0.6 is 11.3 Å². The molecule has 3 aromatic rings. The largest absolute Gasteiger partial charge is 0.504 e. The number of ether oxygens (including phenoxy) is 1. The Morgan fingerprint density at radius 3 is 2.29 bits per heavy atom. The van der Waals surface area contributed by atoms with Gasteiger partial charge in [0.2, 0.25) is 23.5 Å². The first kappa shape index (κ1) is 40.9. The van der Waals surface area contributed by atoms with Gasteiger partial charge in [0.25, 0.3) is 11.8 Å². The van der Waals surface area contributed by atoms with E-state index >= 15 is 0 Å². The number of hydrogen-bond donors (Lipinski definition) is 7. The molecular formula is C38H47FN6O9S. The van der Waals surface area contributed by atoms with E-state index in [1.807, 2.05) is 19.1 Å². The predicted octanol–water partition coefficient (Wildman–Crippen LogP) is 2.63. The van der Waals surface area contributed by atoms with Gasteiger partial charge in [0.05, 0.1) is 47.3 Å². The number of methoxy groups -OCH3 is 1. The van der Waals surface area contributed by atoms with Gasteiger partial charge in [-0.2, -0.15) is 0 Å². The second kappa shape index (κ2) is 16.6. The Bertz CT molecular complexity index is 1930. The maximum Gasteiger partial charge on any atom is 0.258 e. The smallest absolute Gasteiger partial charge is 0.258 e.